The van der Waals surface area contributed by atoms with Crippen molar-refractivity contribution >= 4 is 11.6 Å². The van der Waals surface area contributed by atoms with Crippen LogP contribution in [0.1, 0.15) is 10.4 Å². The molecule has 0 bridgehead atoms. The van der Waals surface area contributed by atoms with E-state index in [2.05, 4.69) is 15.3 Å². The van der Waals surface area contributed by atoms with Crippen molar-refractivity contribution in [2.45, 2.75) is 0 Å². The lowest BCUT2D eigenvalue weighted by Gasteiger charge is -2.08. The lowest BCUT2D eigenvalue weighted by atomic mass is 10.2. The predicted octanol–water partition coefficient (Wildman–Crippen LogP) is 3.53. The van der Waals surface area contributed by atoms with Gasteiger partial charge in [0.25, 0.3) is 5.91 Å². The summed E-state index contributed by atoms with van der Waals surface area (Å²) in [5.74, 6) is 1.43. The highest BCUT2D eigenvalue weighted by Crippen LogP contribution is 2.22. The Bertz CT molecular complexity index is 820. The summed E-state index contributed by atoms with van der Waals surface area (Å²) in [6.07, 6.45) is 4.63. The van der Waals surface area contributed by atoms with Gasteiger partial charge in [-0.05, 0) is 36.4 Å². The minimum absolute atomic E-state index is 0.214. The molecule has 0 spiro atoms. The van der Waals surface area contributed by atoms with Crippen LogP contribution in [-0.4, -0.2) is 23.0 Å². The Balaban J connectivity index is 1.70. The van der Waals surface area contributed by atoms with E-state index in [9.17, 15) is 4.79 Å². The quantitative estimate of drug-likeness (QED) is 0.778. The van der Waals surface area contributed by atoms with Crippen LogP contribution in [0.4, 0.5) is 5.69 Å². The fourth-order valence-electron chi connectivity index (χ4n) is 2.04. The Morgan fingerprint density at radius 3 is 2.58 bits per heavy atom. The number of rotatable bonds is 5. The molecule has 0 radical (unpaired) electrons. The van der Waals surface area contributed by atoms with E-state index in [1.165, 1.54) is 6.20 Å². The third kappa shape index (κ3) is 3.86. The zero-order valence-electron chi connectivity index (χ0n) is 13.0. The highest BCUT2D eigenvalue weighted by molar-refractivity contribution is 6.04. The van der Waals surface area contributed by atoms with Crippen LogP contribution in [0.25, 0.3) is 0 Å². The number of carbonyl (C=O) groups excluding carboxylic acids is 1. The maximum atomic E-state index is 12.3. The van der Waals surface area contributed by atoms with Crippen LogP contribution < -0.4 is 14.8 Å². The molecule has 3 rings (SSSR count). The second kappa shape index (κ2) is 7.23. The Morgan fingerprint density at radius 1 is 1.04 bits per heavy atom. The first-order valence-corrected chi connectivity index (χ1v) is 7.24. The van der Waals surface area contributed by atoms with Gasteiger partial charge in [-0.25, -0.2) is 4.98 Å². The van der Waals surface area contributed by atoms with Gasteiger partial charge in [-0.1, -0.05) is 6.07 Å². The minimum atomic E-state index is -0.214. The number of hydrogen-bond acceptors (Lipinski definition) is 5. The number of nitrogens with one attached hydrogen (secondary N) is 1. The predicted molar refractivity (Wildman–Crippen MR) is 89.5 cm³/mol. The largest absolute Gasteiger partial charge is 0.497 e. The molecule has 0 aliphatic heterocycles. The van der Waals surface area contributed by atoms with Gasteiger partial charge in [0.2, 0.25) is 5.88 Å². The van der Waals surface area contributed by atoms with Crippen molar-refractivity contribution in [2.75, 3.05) is 12.4 Å². The summed E-state index contributed by atoms with van der Waals surface area (Å²) in [6, 6.07) is 13.9. The zero-order valence-corrected chi connectivity index (χ0v) is 13.0. The number of hydrogen-bond donors (Lipinski definition) is 1. The van der Waals surface area contributed by atoms with Gasteiger partial charge >= 0.3 is 0 Å². The van der Waals surface area contributed by atoms with Crippen LogP contribution >= 0.6 is 0 Å². The molecular weight excluding hydrogens is 306 g/mol. The topological polar surface area (TPSA) is 73.3 Å². The van der Waals surface area contributed by atoms with E-state index in [1.54, 1.807) is 68.0 Å². The maximum absolute atomic E-state index is 12.3. The number of anilines is 1. The molecule has 24 heavy (non-hydrogen) atoms. The fourth-order valence-corrected chi connectivity index (χ4v) is 2.04. The van der Waals surface area contributed by atoms with Crippen molar-refractivity contribution in [3.05, 3.63) is 72.7 Å². The molecular formula is C18H15N3O3. The second-order valence-electron chi connectivity index (χ2n) is 4.86. The van der Waals surface area contributed by atoms with E-state index in [4.69, 9.17) is 9.47 Å². The first kappa shape index (κ1) is 15.5. The molecule has 0 saturated carbocycles. The first-order valence-electron chi connectivity index (χ1n) is 7.24. The normalized spacial score (nSPS) is 10.0. The lowest BCUT2D eigenvalue weighted by Crippen LogP contribution is -2.11. The van der Waals surface area contributed by atoms with Crippen molar-refractivity contribution < 1.29 is 14.3 Å². The average Bonchev–Trinajstić information content (AvgIpc) is 2.63. The van der Waals surface area contributed by atoms with Gasteiger partial charge in [0.15, 0.2) is 0 Å². The third-order valence-electron chi connectivity index (χ3n) is 3.21. The van der Waals surface area contributed by atoms with Crippen LogP contribution in [0.3, 0.4) is 0 Å². The van der Waals surface area contributed by atoms with Crippen molar-refractivity contribution in [3.8, 4) is 17.4 Å². The van der Waals surface area contributed by atoms with E-state index in [0.717, 1.165) is 0 Å². The van der Waals surface area contributed by atoms with E-state index >= 15 is 0 Å². The molecule has 6 nitrogen and oxygen atoms in total. The number of aromatic nitrogens is 2. The molecule has 1 aromatic heterocycles. The summed E-state index contributed by atoms with van der Waals surface area (Å²) >= 11 is 0. The summed E-state index contributed by atoms with van der Waals surface area (Å²) in [4.78, 5) is 20.3. The van der Waals surface area contributed by atoms with Gasteiger partial charge in [-0.15, -0.1) is 0 Å². The summed E-state index contributed by atoms with van der Waals surface area (Å²) in [7, 11) is 1.58. The number of nitrogens with zero attached hydrogens (tertiary/aromatic N) is 2. The van der Waals surface area contributed by atoms with Crippen LogP contribution in [0.5, 0.6) is 17.4 Å². The van der Waals surface area contributed by atoms with Gasteiger partial charge in [0.05, 0.1) is 13.3 Å². The number of carbonyl (C=O) groups is 1. The molecule has 1 amide bonds. The molecule has 120 valence electrons. The molecule has 6 heteroatoms. The van der Waals surface area contributed by atoms with Gasteiger partial charge in [-0.2, -0.15) is 0 Å². The summed E-state index contributed by atoms with van der Waals surface area (Å²) in [5.41, 5.74) is 1.16. The molecule has 0 aliphatic carbocycles. The molecule has 2 aromatic carbocycles. The summed E-state index contributed by atoms with van der Waals surface area (Å²) in [6.45, 7) is 0. The molecule has 1 heterocycles. The smallest absolute Gasteiger partial charge is 0.255 e. The van der Waals surface area contributed by atoms with Gasteiger partial charge in [0, 0.05) is 29.7 Å². The summed E-state index contributed by atoms with van der Waals surface area (Å²) in [5, 5.41) is 2.83. The van der Waals surface area contributed by atoms with E-state index in [-0.39, 0.29) is 5.91 Å². The molecule has 0 atom stereocenters. The highest BCUT2D eigenvalue weighted by Gasteiger charge is 2.07. The maximum Gasteiger partial charge on any atom is 0.255 e. The number of amides is 1. The SMILES string of the molecule is COc1ccc(C(=O)Nc2cccc(Oc3cnccn3)c2)cc1. The van der Waals surface area contributed by atoms with Gasteiger partial charge in [0.1, 0.15) is 11.5 Å². The Kier molecular flexibility index (Phi) is 4.67. The van der Waals surface area contributed by atoms with Crippen LogP contribution in [-0.2, 0) is 0 Å². The second-order valence-corrected chi connectivity index (χ2v) is 4.86. The molecule has 0 fully saturated rings. The van der Waals surface area contributed by atoms with Crippen molar-refractivity contribution in [2.24, 2.45) is 0 Å². The summed E-state index contributed by atoms with van der Waals surface area (Å²) < 4.78 is 10.7. The third-order valence-corrected chi connectivity index (χ3v) is 3.21. The lowest BCUT2D eigenvalue weighted by molar-refractivity contribution is 0.102. The van der Waals surface area contributed by atoms with Crippen molar-refractivity contribution in [1.82, 2.24) is 9.97 Å². The van der Waals surface area contributed by atoms with E-state index in [0.29, 0.717) is 28.6 Å². The van der Waals surface area contributed by atoms with Crippen molar-refractivity contribution in [1.29, 1.82) is 0 Å². The Hall–Kier alpha value is -3.41. The standard InChI is InChI=1S/C18H15N3O3/c1-23-15-7-5-13(6-8-15)18(22)21-14-3-2-4-16(11-14)24-17-12-19-9-10-20-17/h2-12H,1H3,(H,21,22). The van der Waals surface area contributed by atoms with Crippen LogP contribution in [0.15, 0.2) is 67.1 Å². The van der Waals surface area contributed by atoms with Crippen LogP contribution in [0, 0.1) is 0 Å². The fraction of sp³-hybridized carbons (Fsp3) is 0.0556. The minimum Gasteiger partial charge on any atom is -0.497 e. The molecule has 3 aromatic rings. The number of benzene rings is 2. The number of ether oxygens (including phenoxy) is 2. The van der Waals surface area contributed by atoms with Crippen LogP contribution in [0.2, 0.25) is 0 Å². The molecule has 1 N–H and O–H groups in total. The molecule has 0 aliphatic rings. The highest BCUT2D eigenvalue weighted by atomic mass is 16.5. The average molecular weight is 321 g/mol. The van der Waals surface area contributed by atoms with E-state index < -0.39 is 0 Å². The van der Waals surface area contributed by atoms with Crippen molar-refractivity contribution in [3.63, 3.8) is 0 Å². The monoisotopic (exact) mass is 321 g/mol. The number of methoxy groups -OCH3 is 1. The Morgan fingerprint density at radius 2 is 1.88 bits per heavy atom. The van der Waals surface area contributed by atoms with Gasteiger partial charge in [-0.3, -0.25) is 9.78 Å². The Labute approximate surface area is 139 Å². The zero-order chi connectivity index (χ0) is 16.8. The first-order chi connectivity index (χ1) is 11.7. The molecule has 0 saturated heterocycles. The van der Waals surface area contributed by atoms with Gasteiger partial charge < -0.3 is 14.8 Å². The van der Waals surface area contributed by atoms with E-state index in [1.807, 2.05) is 0 Å². The molecule has 0 unspecified atom stereocenters.